The van der Waals surface area contributed by atoms with E-state index in [-0.39, 0.29) is 0 Å². The maximum absolute atomic E-state index is 5.91. The Bertz CT molecular complexity index is 402. The minimum Gasteiger partial charge on any atom is -0.325 e. The van der Waals surface area contributed by atoms with Gasteiger partial charge in [-0.25, -0.2) is 0 Å². The summed E-state index contributed by atoms with van der Waals surface area (Å²) in [5.41, 5.74) is -2.18. The van der Waals surface area contributed by atoms with Gasteiger partial charge in [0.15, 0.2) is 0 Å². The number of hydrogen-bond donors (Lipinski definition) is 0. The number of halogens is 2. The summed E-state index contributed by atoms with van der Waals surface area (Å²) in [5, 5.41) is 1.99. The summed E-state index contributed by atoms with van der Waals surface area (Å²) in [6.45, 7) is 0. The Kier molecular flexibility index (Phi) is 7.22. The number of hydrogen-bond acceptors (Lipinski definition) is 5. The van der Waals surface area contributed by atoms with Gasteiger partial charge in [-0.3, -0.25) is 0 Å². The monoisotopic (exact) mass is 348 g/mol. The molecule has 1 aromatic carbocycles. The molecule has 1 aromatic rings. The normalized spacial score (nSPS) is 11.8. The van der Waals surface area contributed by atoms with E-state index < -0.39 is 5.69 Å². The first-order valence-electron chi connectivity index (χ1n) is 4.44. The standard InChI is InChI=1S/C9H11Cl2O2PS3/c1-12-14(15,13-2)17-6-16-9-4-7(10)3-8(11)5-9/h3-5H,6H2,1-2H3. The average Bonchev–Trinajstić information content (AvgIpc) is 2.27. The lowest BCUT2D eigenvalue weighted by Gasteiger charge is -2.16. The van der Waals surface area contributed by atoms with Gasteiger partial charge in [0.05, 0.1) is 5.08 Å². The van der Waals surface area contributed by atoms with Crippen molar-refractivity contribution in [3.63, 3.8) is 0 Å². The molecule has 0 aromatic heterocycles. The average molecular weight is 349 g/mol. The predicted octanol–water partition coefficient (Wildman–Crippen LogP) is 5.29. The van der Waals surface area contributed by atoms with Crippen LogP contribution in [0.15, 0.2) is 23.1 Å². The lowest BCUT2D eigenvalue weighted by molar-refractivity contribution is 0.354. The zero-order valence-corrected chi connectivity index (χ0v) is 14.0. The smallest absolute Gasteiger partial charge is 0.247 e. The van der Waals surface area contributed by atoms with Crippen molar-refractivity contribution in [2.45, 2.75) is 4.90 Å². The van der Waals surface area contributed by atoms with E-state index in [0.29, 0.717) is 10.0 Å². The van der Waals surface area contributed by atoms with Crippen LogP contribution in [0.2, 0.25) is 10.0 Å². The van der Waals surface area contributed by atoms with Gasteiger partial charge in [0.25, 0.3) is 0 Å². The third-order valence-electron chi connectivity index (χ3n) is 1.72. The lowest BCUT2D eigenvalue weighted by Crippen LogP contribution is -1.83. The van der Waals surface area contributed by atoms with Crippen molar-refractivity contribution in [3.8, 4) is 0 Å². The maximum Gasteiger partial charge on any atom is 0.247 e. The van der Waals surface area contributed by atoms with E-state index in [0.717, 1.165) is 9.98 Å². The fourth-order valence-corrected chi connectivity index (χ4v) is 7.09. The zero-order chi connectivity index (χ0) is 12.9. The van der Waals surface area contributed by atoms with Gasteiger partial charge in [0, 0.05) is 29.2 Å². The second-order valence-electron chi connectivity index (χ2n) is 2.81. The molecule has 0 saturated heterocycles. The van der Waals surface area contributed by atoms with Crippen LogP contribution >= 0.6 is 52.0 Å². The van der Waals surface area contributed by atoms with Crippen LogP contribution in [-0.2, 0) is 20.9 Å². The molecule has 0 spiro atoms. The minimum atomic E-state index is -2.18. The highest BCUT2D eigenvalue weighted by Gasteiger charge is 2.15. The first-order valence-corrected chi connectivity index (χ1v) is 10.4. The number of rotatable bonds is 6. The van der Waals surface area contributed by atoms with Crippen LogP contribution in [0.25, 0.3) is 0 Å². The largest absolute Gasteiger partial charge is 0.325 e. The molecular weight excluding hydrogens is 338 g/mol. The van der Waals surface area contributed by atoms with Gasteiger partial charge >= 0.3 is 0 Å². The molecule has 17 heavy (non-hydrogen) atoms. The van der Waals surface area contributed by atoms with Gasteiger partial charge in [-0.05, 0) is 30.0 Å². The summed E-state index contributed by atoms with van der Waals surface area (Å²) in [4.78, 5) is 1.00. The Morgan fingerprint density at radius 3 is 2.18 bits per heavy atom. The molecule has 0 aliphatic heterocycles. The first kappa shape index (κ1) is 16.1. The SMILES string of the molecule is COP(=S)(OC)SCSc1cc(Cl)cc(Cl)c1. The Hall–Kier alpha value is 1.07. The molecule has 2 nitrogen and oxygen atoms in total. The molecule has 0 N–H and O–H groups in total. The van der Waals surface area contributed by atoms with Crippen molar-refractivity contribution in [1.29, 1.82) is 0 Å². The second-order valence-corrected chi connectivity index (χ2v) is 11.6. The van der Waals surface area contributed by atoms with E-state index in [1.807, 2.05) is 12.1 Å². The molecule has 0 aliphatic carbocycles. The van der Waals surface area contributed by atoms with E-state index >= 15 is 0 Å². The Morgan fingerprint density at radius 2 is 1.71 bits per heavy atom. The van der Waals surface area contributed by atoms with Gasteiger partial charge in [0.1, 0.15) is 0 Å². The molecule has 96 valence electrons. The molecule has 0 bridgehead atoms. The lowest BCUT2D eigenvalue weighted by atomic mass is 10.4. The van der Waals surface area contributed by atoms with Crippen LogP contribution in [0, 0.1) is 0 Å². The maximum atomic E-state index is 5.91. The van der Waals surface area contributed by atoms with Crippen LogP contribution in [-0.4, -0.2) is 19.3 Å². The van der Waals surface area contributed by atoms with E-state index in [9.17, 15) is 0 Å². The topological polar surface area (TPSA) is 18.5 Å². The van der Waals surface area contributed by atoms with Crippen LogP contribution in [0.3, 0.4) is 0 Å². The van der Waals surface area contributed by atoms with Gasteiger partial charge in [-0.1, -0.05) is 34.6 Å². The second kappa shape index (κ2) is 7.61. The number of benzene rings is 1. The third kappa shape index (κ3) is 5.70. The molecule has 0 heterocycles. The van der Waals surface area contributed by atoms with Gasteiger partial charge in [0.2, 0.25) is 5.69 Å². The molecule has 0 aliphatic rings. The Labute approximate surface area is 125 Å². The summed E-state index contributed by atoms with van der Waals surface area (Å²) >= 11 is 20.1. The zero-order valence-electron chi connectivity index (χ0n) is 9.18. The molecule has 0 radical (unpaired) electrons. The quantitative estimate of drug-likeness (QED) is 0.393. The fourth-order valence-electron chi connectivity index (χ4n) is 0.951. The molecule has 1 rings (SSSR count). The van der Waals surface area contributed by atoms with Crippen molar-refractivity contribution in [1.82, 2.24) is 0 Å². The molecule has 0 fully saturated rings. The molecule has 0 saturated carbocycles. The minimum absolute atomic E-state index is 0.628. The predicted molar refractivity (Wildman–Crippen MR) is 83.1 cm³/mol. The summed E-state index contributed by atoms with van der Waals surface area (Å²) in [5.74, 6) is 0. The van der Waals surface area contributed by atoms with Crippen molar-refractivity contribution >= 4 is 63.8 Å². The van der Waals surface area contributed by atoms with Crippen molar-refractivity contribution in [3.05, 3.63) is 28.2 Å². The Balaban J connectivity index is 2.54. The van der Waals surface area contributed by atoms with Crippen LogP contribution in [0.1, 0.15) is 0 Å². The third-order valence-corrected chi connectivity index (χ3v) is 9.46. The summed E-state index contributed by atoms with van der Waals surface area (Å²) < 4.78 is 10.3. The van der Waals surface area contributed by atoms with E-state index in [1.54, 1.807) is 32.0 Å². The molecule has 0 amide bonds. The van der Waals surface area contributed by atoms with E-state index in [1.165, 1.54) is 11.4 Å². The number of thioether (sulfide) groups is 1. The highest BCUT2D eigenvalue weighted by atomic mass is 35.5. The summed E-state index contributed by atoms with van der Waals surface area (Å²) in [6, 6.07) is 5.43. The molecule has 0 unspecified atom stereocenters. The van der Waals surface area contributed by atoms with E-state index in [2.05, 4.69) is 0 Å². The van der Waals surface area contributed by atoms with Crippen LogP contribution in [0.4, 0.5) is 0 Å². The van der Waals surface area contributed by atoms with Gasteiger partial charge in [-0.2, -0.15) is 0 Å². The summed E-state index contributed by atoms with van der Waals surface area (Å²) in [6.07, 6.45) is 0. The van der Waals surface area contributed by atoms with Crippen molar-refractivity contribution < 1.29 is 9.05 Å². The molecule has 8 heteroatoms. The molecular formula is C9H11Cl2O2PS3. The first-order chi connectivity index (χ1) is 7.99. The van der Waals surface area contributed by atoms with Crippen molar-refractivity contribution in [2.75, 3.05) is 19.3 Å². The van der Waals surface area contributed by atoms with Gasteiger partial charge < -0.3 is 9.05 Å². The van der Waals surface area contributed by atoms with Crippen molar-refractivity contribution in [2.24, 2.45) is 0 Å². The Morgan fingerprint density at radius 1 is 1.18 bits per heavy atom. The van der Waals surface area contributed by atoms with E-state index in [4.69, 9.17) is 44.1 Å². The fraction of sp³-hybridized carbons (Fsp3) is 0.333. The van der Waals surface area contributed by atoms with Gasteiger partial charge in [-0.15, -0.1) is 11.8 Å². The van der Waals surface area contributed by atoms with Crippen LogP contribution < -0.4 is 0 Å². The highest BCUT2D eigenvalue weighted by molar-refractivity contribution is 8.69. The van der Waals surface area contributed by atoms with Crippen LogP contribution in [0.5, 0.6) is 0 Å². The summed E-state index contributed by atoms with van der Waals surface area (Å²) in [7, 11) is 3.14. The highest BCUT2D eigenvalue weighted by Crippen LogP contribution is 2.60. The molecule has 0 atom stereocenters.